The van der Waals surface area contributed by atoms with Crippen LogP contribution in [0, 0.1) is 0 Å². The number of hydrogen-bond acceptors (Lipinski definition) is 1. The second kappa shape index (κ2) is 3.24. The molecule has 1 aromatic carbocycles. The first-order valence-corrected chi connectivity index (χ1v) is 3.84. The van der Waals surface area contributed by atoms with Crippen molar-refractivity contribution >= 4 is 12.4 Å². The quantitative estimate of drug-likeness (QED) is 0.692. The number of nitrogens with two attached hydrogens (primary N) is 1. The van der Waals surface area contributed by atoms with E-state index in [4.69, 9.17) is 5.73 Å². The number of hydrogen-bond donors (Lipinski definition) is 1. The molecule has 2 N–H and O–H groups in total. The van der Waals surface area contributed by atoms with E-state index >= 15 is 0 Å². The molecular weight excluding hydrogens is 196 g/mol. The Bertz CT molecular complexity index is 314. The molecule has 0 amide bonds. The SMILES string of the molecule is Cl.NC1CC(F)(F)c2ccccc21. The van der Waals surface area contributed by atoms with Crippen molar-refractivity contribution in [3.63, 3.8) is 0 Å². The zero-order valence-corrected chi connectivity index (χ0v) is 7.65. The first-order chi connectivity index (χ1) is 5.61. The van der Waals surface area contributed by atoms with Gasteiger partial charge in [0.05, 0.1) is 0 Å². The molecule has 1 unspecified atom stereocenters. The third-order valence-corrected chi connectivity index (χ3v) is 2.23. The first kappa shape index (κ1) is 10.4. The molecule has 0 aromatic heterocycles. The van der Waals surface area contributed by atoms with Gasteiger partial charge < -0.3 is 5.73 Å². The van der Waals surface area contributed by atoms with Crippen LogP contribution in [-0.2, 0) is 5.92 Å². The van der Waals surface area contributed by atoms with Crippen LogP contribution in [-0.4, -0.2) is 0 Å². The number of fused-ring (bicyclic) bond motifs is 1. The first-order valence-electron chi connectivity index (χ1n) is 3.84. The summed E-state index contributed by atoms with van der Waals surface area (Å²) in [4.78, 5) is 0. The summed E-state index contributed by atoms with van der Waals surface area (Å²) in [5, 5.41) is 0. The summed E-state index contributed by atoms with van der Waals surface area (Å²) >= 11 is 0. The Balaban J connectivity index is 0.000000845. The molecule has 13 heavy (non-hydrogen) atoms. The standard InChI is InChI=1S/C9H9F2N.ClH/c10-9(11)5-8(12)6-3-1-2-4-7(6)9;/h1-4,8H,5,12H2;1H. The predicted molar refractivity (Wildman–Crippen MR) is 49.1 cm³/mol. The molecule has 2 rings (SSSR count). The molecule has 1 aliphatic carbocycles. The topological polar surface area (TPSA) is 26.0 Å². The predicted octanol–water partition coefficient (Wildman–Crippen LogP) is 2.60. The van der Waals surface area contributed by atoms with Crippen LogP contribution in [0.5, 0.6) is 0 Å². The van der Waals surface area contributed by atoms with Crippen LogP contribution in [0.3, 0.4) is 0 Å². The fourth-order valence-electron chi connectivity index (χ4n) is 1.65. The van der Waals surface area contributed by atoms with Gasteiger partial charge in [0.2, 0.25) is 0 Å². The van der Waals surface area contributed by atoms with Crippen molar-refractivity contribution < 1.29 is 8.78 Å². The third kappa shape index (κ3) is 1.54. The summed E-state index contributed by atoms with van der Waals surface area (Å²) in [6.07, 6.45) is -0.258. The summed E-state index contributed by atoms with van der Waals surface area (Å²) in [7, 11) is 0. The number of halogens is 3. The molecule has 1 aliphatic rings. The van der Waals surface area contributed by atoms with Gasteiger partial charge in [-0.05, 0) is 5.56 Å². The molecule has 1 nitrogen and oxygen atoms in total. The van der Waals surface area contributed by atoms with Gasteiger partial charge in [-0.1, -0.05) is 24.3 Å². The number of rotatable bonds is 0. The molecule has 72 valence electrons. The zero-order chi connectivity index (χ0) is 8.77. The van der Waals surface area contributed by atoms with E-state index in [1.54, 1.807) is 18.2 Å². The van der Waals surface area contributed by atoms with Crippen molar-refractivity contribution in [3.8, 4) is 0 Å². The van der Waals surface area contributed by atoms with Crippen molar-refractivity contribution in [2.24, 2.45) is 5.73 Å². The van der Waals surface area contributed by atoms with Crippen molar-refractivity contribution in [3.05, 3.63) is 35.4 Å². The second-order valence-corrected chi connectivity index (χ2v) is 3.10. The molecule has 1 atom stereocenters. The van der Waals surface area contributed by atoms with Gasteiger partial charge in [-0.3, -0.25) is 0 Å². The average Bonchev–Trinajstić information content (AvgIpc) is 2.25. The highest BCUT2D eigenvalue weighted by molar-refractivity contribution is 5.85. The van der Waals surface area contributed by atoms with Crippen LogP contribution in [0.4, 0.5) is 8.78 Å². The summed E-state index contributed by atoms with van der Waals surface area (Å²) in [5.41, 5.74) is 6.22. The van der Waals surface area contributed by atoms with E-state index < -0.39 is 12.0 Å². The van der Waals surface area contributed by atoms with E-state index in [9.17, 15) is 8.78 Å². The molecule has 0 bridgehead atoms. The fourth-order valence-corrected chi connectivity index (χ4v) is 1.65. The molecule has 0 heterocycles. The van der Waals surface area contributed by atoms with E-state index in [0.717, 1.165) is 0 Å². The zero-order valence-electron chi connectivity index (χ0n) is 6.84. The van der Waals surface area contributed by atoms with E-state index in [-0.39, 0.29) is 24.4 Å². The Hall–Kier alpha value is -0.670. The average molecular weight is 206 g/mol. The number of benzene rings is 1. The molecule has 0 spiro atoms. The minimum absolute atomic E-state index is 0. The minimum Gasteiger partial charge on any atom is -0.324 e. The van der Waals surface area contributed by atoms with Gasteiger partial charge in [-0.2, -0.15) is 0 Å². The van der Waals surface area contributed by atoms with Gasteiger partial charge in [0.25, 0.3) is 5.92 Å². The van der Waals surface area contributed by atoms with Crippen molar-refractivity contribution in [1.29, 1.82) is 0 Å². The molecule has 0 saturated carbocycles. The summed E-state index contributed by atoms with van der Waals surface area (Å²) in [6.45, 7) is 0. The second-order valence-electron chi connectivity index (χ2n) is 3.10. The van der Waals surface area contributed by atoms with Crippen LogP contribution < -0.4 is 5.73 Å². The highest BCUT2D eigenvalue weighted by Crippen LogP contribution is 2.45. The van der Waals surface area contributed by atoms with Gasteiger partial charge in [0, 0.05) is 18.0 Å². The maximum atomic E-state index is 13.1. The molecule has 0 saturated heterocycles. The normalized spacial score (nSPS) is 23.5. The van der Waals surface area contributed by atoms with Crippen LogP contribution in [0.2, 0.25) is 0 Å². The van der Waals surface area contributed by atoms with Gasteiger partial charge >= 0.3 is 0 Å². The summed E-state index contributed by atoms with van der Waals surface area (Å²) in [6, 6.07) is 5.96. The molecule has 4 heteroatoms. The Morgan fingerprint density at radius 2 is 1.92 bits per heavy atom. The van der Waals surface area contributed by atoms with Crippen LogP contribution in [0.15, 0.2) is 24.3 Å². The Morgan fingerprint density at radius 1 is 1.31 bits per heavy atom. The van der Waals surface area contributed by atoms with Crippen LogP contribution in [0.1, 0.15) is 23.6 Å². The fraction of sp³-hybridized carbons (Fsp3) is 0.333. The van der Waals surface area contributed by atoms with E-state index in [2.05, 4.69) is 0 Å². The number of alkyl halides is 2. The van der Waals surface area contributed by atoms with E-state index in [1.807, 2.05) is 0 Å². The van der Waals surface area contributed by atoms with Crippen LogP contribution >= 0.6 is 12.4 Å². The Labute approximate surface area is 81.3 Å². The van der Waals surface area contributed by atoms with Crippen molar-refractivity contribution in [2.75, 3.05) is 0 Å². The molecule has 0 fully saturated rings. The summed E-state index contributed by atoms with van der Waals surface area (Å²) < 4.78 is 26.2. The van der Waals surface area contributed by atoms with Crippen LogP contribution in [0.25, 0.3) is 0 Å². The lowest BCUT2D eigenvalue weighted by Crippen LogP contribution is -2.10. The lowest BCUT2D eigenvalue weighted by molar-refractivity contribution is -0.00642. The largest absolute Gasteiger partial charge is 0.324 e. The van der Waals surface area contributed by atoms with E-state index in [1.165, 1.54) is 6.07 Å². The van der Waals surface area contributed by atoms with Gasteiger partial charge in [0.1, 0.15) is 0 Å². The lowest BCUT2D eigenvalue weighted by Gasteiger charge is -2.08. The highest BCUT2D eigenvalue weighted by atomic mass is 35.5. The minimum atomic E-state index is -2.73. The third-order valence-electron chi connectivity index (χ3n) is 2.23. The maximum absolute atomic E-state index is 13.1. The van der Waals surface area contributed by atoms with Crippen molar-refractivity contribution in [2.45, 2.75) is 18.4 Å². The lowest BCUT2D eigenvalue weighted by atomic mass is 10.1. The van der Waals surface area contributed by atoms with Crippen molar-refractivity contribution in [1.82, 2.24) is 0 Å². The Kier molecular flexibility index (Phi) is 2.59. The van der Waals surface area contributed by atoms with Gasteiger partial charge in [-0.25, -0.2) is 8.78 Å². The molecule has 0 aliphatic heterocycles. The summed E-state index contributed by atoms with van der Waals surface area (Å²) in [5.74, 6) is -2.73. The highest BCUT2D eigenvalue weighted by Gasteiger charge is 2.42. The van der Waals surface area contributed by atoms with Gasteiger partial charge in [-0.15, -0.1) is 12.4 Å². The molecule has 0 radical (unpaired) electrons. The van der Waals surface area contributed by atoms with Gasteiger partial charge in [0.15, 0.2) is 0 Å². The Morgan fingerprint density at radius 3 is 2.54 bits per heavy atom. The van der Waals surface area contributed by atoms with E-state index in [0.29, 0.717) is 5.56 Å². The molecular formula is C9H10ClF2N. The maximum Gasteiger partial charge on any atom is 0.275 e. The monoisotopic (exact) mass is 205 g/mol. The smallest absolute Gasteiger partial charge is 0.275 e. The molecule has 1 aromatic rings.